The number of ether oxygens (including phenoxy) is 1. The lowest BCUT2D eigenvalue weighted by atomic mass is 9.88. The fraction of sp³-hybridized carbons (Fsp3) is 0.381. The number of rotatable bonds is 5. The monoisotopic (exact) mass is 412 g/mol. The van der Waals surface area contributed by atoms with Crippen LogP contribution in [0.4, 0.5) is 5.00 Å². The van der Waals surface area contributed by atoms with Crippen molar-refractivity contribution in [1.82, 2.24) is 9.38 Å². The predicted octanol–water partition coefficient (Wildman–Crippen LogP) is 3.58. The van der Waals surface area contributed by atoms with Crippen LogP contribution < -0.4 is 15.8 Å². The van der Waals surface area contributed by atoms with E-state index in [-0.39, 0.29) is 5.91 Å². The highest BCUT2D eigenvalue weighted by Gasteiger charge is 2.28. The van der Waals surface area contributed by atoms with E-state index in [4.69, 9.17) is 10.5 Å². The zero-order valence-electron chi connectivity index (χ0n) is 16.7. The second kappa shape index (κ2) is 7.51. The molecule has 3 aromatic heterocycles. The van der Waals surface area contributed by atoms with Crippen molar-refractivity contribution in [2.24, 2.45) is 11.7 Å². The van der Waals surface area contributed by atoms with Gasteiger partial charge in [-0.05, 0) is 56.7 Å². The average molecular weight is 413 g/mol. The molecular formula is C21H24N4O3S. The molecule has 3 aromatic rings. The molecule has 0 aliphatic heterocycles. The van der Waals surface area contributed by atoms with Crippen molar-refractivity contribution in [3.63, 3.8) is 0 Å². The van der Waals surface area contributed by atoms with E-state index >= 15 is 0 Å². The van der Waals surface area contributed by atoms with Crippen LogP contribution in [0.25, 0.3) is 5.65 Å². The number of nitrogens with two attached hydrogens (primary N) is 1. The first kappa shape index (κ1) is 19.4. The van der Waals surface area contributed by atoms with Crippen molar-refractivity contribution in [1.29, 1.82) is 0 Å². The van der Waals surface area contributed by atoms with Crippen LogP contribution in [-0.4, -0.2) is 27.8 Å². The number of anilines is 1. The van der Waals surface area contributed by atoms with Gasteiger partial charge in [0.2, 0.25) is 0 Å². The normalized spacial score (nSPS) is 15.9. The molecule has 1 aliphatic rings. The molecule has 0 saturated heterocycles. The van der Waals surface area contributed by atoms with Crippen molar-refractivity contribution < 1.29 is 14.3 Å². The molecule has 0 bridgehead atoms. The molecule has 0 saturated carbocycles. The second-order valence-electron chi connectivity index (χ2n) is 7.42. The molecule has 0 fully saturated rings. The van der Waals surface area contributed by atoms with Crippen LogP contribution >= 0.6 is 11.3 Å². The standard InChI is InChI=1S/C21H24N4O3S/c1-4-28-14-6-5-9-25-17(12(3)23-19(14)25)20(27)24-21-16(18(22)26)13-8-7-11(2)10-15(13)29-21/h5-6,9,11H,4,7-8,10H2,1-3H3,(H2,22,26)(H,24,27). The molecule has 0 aromatic carbocycles. The van der Waals surface area contributed by atoms with Gasteiger partial charge in [0.15, 0.2) is 11.4 Å². The number of hydrogen-bond donors (Lipinski definition) is 2. The number of pyridine rings is 1. The Bertz CT molecular complexity index is 1120. The fourth-order valence-corrected chi connectivity index (χ4v) is 5.37. The van der Waals surface area contributed by atoms with Gasteiger partial charge in [-0.1, -0.05) is 6.92 Å². The molecule has 2 amide bonds. The number of thiophene rings is 1. The van der Waals surface area contributed by atoms with E-state index in [9.17, 15) is 9.59 Å². The van der Waals surface area contributed by atoms with Crippen LogP contribution in [0.1, 0.15) is 57.2 Å². The molecule has 1 atom stereocenters. The smallest absolute Gasteiger partial charge is 0.275 e. The molecular weight excluding hydrogens is 388 g/mol. The van der Waals surface area contributed by atoms with E-state index in [2.05, 4.69) is 17.2 Å². The Kier molecular flexibility index (Phi) is 5.04. The first-order valence-corrected chi connectivity index (χ1v) is 10.6. The maximum absolute atomic E-state index is 13.2. The van der Waals surface area contributed by atoms with Crippen molar-refractivity contribution in [2.75, 3.05) is 11.9 Å². The summed E-state index contributed by atoms with van der Waals surface area (Å²) < 4.78 is 7.34. The molecule has 3 heterocycles. The van der Waals surface area contributed by atoms with Crippen molar-refractivity contribution in [2.45, 2.75) is 40.0 Å². The van der Waals surface area contributed by atoms with Gasteiger partial charge in [-0.2, -0.15) is 0 Å². The number of aryl methyl sites for hydroxylation is 1. The van der Waals surface area contributed by atoms with Gasteiger partial charge in [0.05, 0.1) is 17.9 Å². The highest BCUT2D eigenvalue weighted by molar-refractivity contribution is 7.17. The van der Waals surface area contributed by atoms with Crippen molar-refractivity contribution in [3.05, 3.63) is 45.7 Å². The summed E-state index contributed by atoms with van der Waals surface area (Å²) >= 11 is 1.46. The Morgan fingerprint density at radius 1 is 1.45 bits per heavy atom. The molecule has 1 unspecified atom stereocenters. The molecule has 4 rings (SSSR count). The number of carbonyl (C=O) groups is 2. The predicted molar refractivity (Wildman–Crippen MR) is 113 cm³/mol. The van der Waals surface area contributed by atoms with Gasteiger partial charge in [0, 0.05) is 11.1 Å². The fourth-order valence-electron chi connectivity index (χ4n) is 3.96. The number of amides is 2. The Balaban J connectivity index is 1.73. The lowest BCUT2D eigenvalue weighted by molar-refractivity contribution is 0.1000. The number of imidazole rings is 1. The second-order valence-corrected chi connectivity index (χ2v) is 8.52. The number of fused-ring (bicyclic) bond motifs is 2. The molecule has 152 valence electrons. The summed E-state index contributed by atoms with van der Waals surface area (Å²) in [5.41, 5.74) is 8.70. The zero-order chi connectivity index (χ0) is 20.7. The SMILES string of the molecule is CCOc1cccn2c(C(=O)Nc3sc4c(c3C(N)=O)CCC(C)C4)c(C)nc12. The third-order valence-electron chi connectivity index (χ3n) is 5.29. The minimum Gasteiger partial charge on any atom is -0.490 e. The summed E-state index contributed by atoms with van der Waals surface area (Å²) in [5.74, 6) is 0.359. The maximum Gasteiger partial charge on any atom is 0.275 e. The highest BCUT2D eigenvalue weighted by Crippen LogP contribution is 2.39. The van der Waals surface area contributed by atoms with Gasteiger partial charge < -0.3 is 15.8 Å². The van der Waals surface area contributed by atoms with Crippen LogP contribution in [0.5, 0.6) is 5.75 Å². The van der Waals surface area contributed by atoms with Gasteiger partial charge >= 0.3 is 0 Å². The summed E-state index contributed by atoms with van der Waals surface area (Å²) in [6, 6.07) is 3.64. The first-order valence-electron chi connectivity index (χ1n) is 9.76. The van der Waals surface area contributed by atoms with E-state index in [0.717, 1.165) is 29.7 Å². The molecule has 1 aliphatic carbocycles. The van der Waals surface area contributed by atoms with E-state index in [1.54, 1.807) is 17.5 Å². The Hall–Kier alpha value is -2.87. The van der Waals surface area contributed by atoms with Gasteiger partial charge in [0.1, 0.15) is 10.7 Å². The highest BCUT2D eigenvalue weighted by atomic mass is 32.1. The Morgan fingerprint density at radius 3 is 2.97 bits per heavy atom. The minimum atomic E-state index is -0.499. The molecule has 0 spiro atoms. The summed E-state index contributed by atoms with van der Waals surface area (Å²) in [6.07, 6.45) is 4.52. The summed E-state index contributed by atoms with van der Waals surface area (Å²) in [7, 11) is 0. The molecule has 8 heteroatoms. The van der Waals surface area contributed by atoms with E-state index in [0.29, 0.717) is 45.9 Å². The van der Waals surface area contributed by atoms with Gasteiger partial charge in [0.25, 0.3) is 11.8 Å². The topological polar surface area (TPSA) is 98.7 Å². The molecule has 29 heavy (non-hydrogen) atoms. The zero-order valence-corrected chi connectivity index (χ0v) is 17.6. The first-order chi connectivity index (χ1) is 13.9. The van der Waals surface area contributed by atoms with E-state index in [1.165, 1.54) is 11.3 Å². The Labute approximate surface area is 172 Å². The summed E-state index contributed by atoms with van der Waals surface area (Å²) in [4.78, 5) is 31.0. The number of aromatic nitrogens is 2. The van der Waals surface area contributed by atoms with Crippen LogP contribution in [0.2, 0.25) is 0 Å². The number of primary amides is 1. The average Bonchev–Trinajstić information content (AvgIpc) is 3.18. The van der Waals surface area contributed by atoms with E-state index in [1.807, 2.05) is 19.1 Å². The number of nitrogens with one attached hydrogen (secondary N) is 1. The van der Waals surface area contributed by atoms with Crippen molar-refractivity contribution in [3.8, 4) is 5.75 Å². The van der Waals surface area contributed by atoms with Gasteiger partial charge in [-0.25, -0.2) is 4.98 Å². The van der Waals surface area contributed by atoms with Crippen LogP contribution in [-0.2, 0) is 12.8 Å². The molecule has 0 radical (unpaired) electrons. The largest absolute Gasteiger partial charge is 0.490 e. The van der Waals surface area contributed by atoms with Crippen LogP contribution in [0.15, 0.2) is 18.3 Å². The number of carbonyl (C=O) groups excluding carboxylic acids is 2. The quantitative estimate of drug-likeness (QED) is 0.669. The van der Waals surface area contributed by atoms with E-state index < -0.39 is 5.91 Å². The van der Waals surface area contributed by atoms with Crippen molar-refractivity contribution >= 4 is 33.8 Å². The van der Waals surface area contributed by atoms with Gasteiger partial charge in [-0.3, -0.25) is 14.0 Å². The lowest BCUT2D eigenvalue weighted by Crippen LogP contribution is -2.20. The summed E-state index contributed by atoms with van der Waals surface area (Å²) in [6.45, 7) is 6.39. The Morgan fingerprint density at radius 2 is 2.24 bits per heavy atom. The minimum absolute atomic E-state index is 0.321. The number of hydrogen-bond acceptors (Lipinski definition) is 5. The molecule has 3 N–H and O–H groups in total. The van der Waals surface area contributed by atoms with Crippen LogP contribution in [0.3, 0.4) is 0 Å². The maximum atomic E-state index is 13.2. The summed E-state index contributed by atoms with van der Waals surface area (Å²) in [5, 5.41) is 3.45. The van der Waals surface area contributed by atoms with Gasteiger partial charge in [-0.15, -0.1) is 11.3 Å². The molecule has 7 nitrogen and oxygen atoms in total. The third kappa shape index (κ3) is 3.37. The van der Waals surface area contributed by atoms with Crippen LogP contribution in [0, 0.1) is 12.8 Å². The number of nitrogens with zero attached hydrogens (tertiary/aromatic N) is 2. The third-order valence-corrected chi connectivity index (χ3v) is 6.46. The lowest BCUT2D eigenvalue weighted by Gasteiger charge is -2.18.